The van der Waals surface area contributed by atoms with Crippen LogP contribution in [-0.2, 0) is 0 Å². The van der Waals surface area contributed by atoms with Crippen molar-refractivity contribution < 1.29 is 0 Å². The van der Waals surface area contributed by atoms with E-state index in [-0.39, 0.29) is 0 Å². The molecule has 0 aliphatic rings. The van der Waals surface area contributed by atoms with Gasteiger partial charge in [-0.3, -0.25) is 4.98 Å². The van der Waals surface area contributed by atoms with Gasteiger partial charge in [0, 0.05) is 34.4 Å². The Labute approximate surface area is 198 Å². The van der Waals surface area contributed by atoms with Crippen molar-refractivity contribution in [2.45, 2.75) is 6.92 Å². The van der Waals surface area contributed by atoms with E-state index in [1.54, 1.807) is 12.4 Å². The topological polar surface area (TPSA) is 41.6 Å². The van der Waals surface area contributed by atoms with Crippen LogP contribution in [-0.4, -0.2) is 9.55 Å². The van der Waals surface area contributed by atoms with E-state index in [2.05, 4.69) is 95.3 Å². The number of aromatic nitrogens is 2. The van der Waals surface area contributed by atoms with Gasteiger partial charge in [-0.05, 0) is 77.7 Å². The van der Waals surface area contributed by atoms with Crippen LogP contribution in [0.2, 0.25) is 0 Å². The number of aryl methyl sites for hydroxylation is 1. The van der Waals surface area contributed by atoms with Gasteiger partial charge in [-0.2, -0.15) is 5.26 Å². The fourth-order valence-corrected chi connectivity index (χ4v) is 4.85. The van der Waals surface area contributed by atoms with Crippen LogP contribution in [0.25, 0.3) is 49.7 Å². The molecule has 0 amide bonds. The summed E-state index contributed by atoms with van der Waals surface area (Å²) in [5, 5.41) is 12.2. The highest BCUT2D eigenvalue weighted by atomic mass is 15.0. The lowest BCUT2D eigenvalue weighted by atomic mass is 9.99. The number of benzene rings is 4. The standard InChI is InChI=1S/C31H21N3/c1-21-6-2-3-7-26(21)23-11-13-31-29(18-23)27-8-4-5-9-30(27)34(31)25-12-10-24(20-32)28(19-25)22-14-16-33-17-15-22/h2-19H,1H3. The Morgan fingerprint density at radius 1 is 0.676 bits per heavy atom. The minimum absolute atomic E-state index is 0.651. The summed E-state index contributed by atoms with van der Waals surface area (Å²) in [7, 11) is 0. The normalized spacial score (nSPS) is 11.1. The van der Waals surface area contributed by atoms with Crippen molar-refractivity contribution in [1.29, 1.82) is 5.26 Å². The third kappa shape index (κ3) is 3.17. The molecular formula is C31H21N3. The Morgan fingerprint density at radius 2 is 1.44 bits per heavy atom. The van der Waals surface area contributed by atoms with Crippen LogP contribution in [0.4, 0.5) is 0 Å². The van der Waals surface area contributed by atoms with Crippen molar-refractivity contribution >= 4 is 21.8 Å². The zero-order valence-electron chi connectivity index (χ0n) is 18.7. The Hall–Kier alpha value is -4.68. The molecule has 160 valence electrons. The van der Waals surface area contributed by atoms with E-state index < -0.39 is 0 Å². The summed E-state index contributed by atoms with van der Waals surface area (Å²) in [6.45, 7) is 2.15. The number of pyridine rings is 1. The Bertz CT molecular complexity index is 1720. The van der Waals surface area contributed by atoms with Gasteiger partial charge in [-0.15, -0.1) is 0 Å². The van der Waals surface area contributed by atoms with Crippen LogP contribution in [0, 0.1) is 18.3 Å². The highest BCUT2D eigenvalue weighted by Crippen LogP contribution is 2.36. The molecule has 6 rings (SSSR count). The second-order valence-corrected chi connectivity index (χ2v) is 8.48. The zero-order chi connectivity index (χ0) is 23.1. The van der Waals surface area contributed by atoms with E-state index in [0.29, 0.717) is 5.56 Å². The van der Waals surface area contributed by atoms with E-state index in [0.717, 1.165) is 27.8 Å². The van der Waals surface area contributed by atoms with Crippen molar-refractivity contribution in [2.24, 2.45) is 0 Å². The first-order valence-corrected chi connectivity index (χ1v) is 11.3. The smallest absolute Gasteiger partial charge is 0.0998 e. The molecule has 2 heterocycles. The van der Waals surface area contributed by atoms with Crippen LogP contribution < -0.4 is 0 Å². The summed E-state index contributed by atoms with van der Waals surface area (Å²) >= 11 is 0. The molecule has 0 atom stereocenters. The molecule has 0 fully saturated rings. The Kier molecular flexibility index (Phi) is 4.71. The third-order valence-electron chi connectivity index (χ3n) is 6.50. The Morgan fingerprint density at radius 3 is 2.26 bits per heavy atom. The SMILES string of the molecule is Cc1ccccc1-c1ccc2c(c1)c1ccccc1n2-c1ccc(C#N)c(-c2ccncc2)c1. The van der Waals surface area contributed by atoms with Crippen molar-refractivity contribution in [3.63, 3.8) is 0 Å². The monoisotopic (exact) mass is 435 g/mol. The maximum absolute atomic E-state index is 9.73. The van der Waals surface area contributed by atoms with Crippen molar-refractivity contribution in [3.05, 3.63) is 121 Å². The molecule has 0 N–H and O–H groups in total. The van der Waals surface area contributed by atoms with Crippen molar-refractivity contribution in [2.75, 3.05) is 0 Å². The lowest BCUT2D eigenvalue weighted by Crippen LogP contribution is -1.96. The minimum atomic E-state index is 0.651. The van der Waals surface area contributed by atoms with Crippen molar-refractivity contribution in [3.8, 4) is 34.0 Å². The van der Waals surface area contributed by atoms with E-state index >= 15 is 0 Å². The zero-order valence-corrected chi connectivity index (χ0v) is 18.7. The third-order valence-corrected chi connectivity index (χ3v) is 6.50. The summed E-state index contributed by atoms with van der Waals surface area (Å²) in [4.78, 5) is 4.13. The van der Waals surface area contributed by atoms with Gasteiger partial charge in [0.25, 0.3) is 0 Å². The molecule has 0 unspecified atom stereocenters. The Balaban J connectivity index is 1.63. The highest BCUT2D eigenvalue weighted by Gasteiger charge is 2.15. The summed E-state index contributed by atoms with van der Waals surface area (Å²) in [6.07, 6.45) is 3.52. The average Bonchev–Trinajstić information content (AvgIpc) is 3.23. The highest BCUT2D eigenvalue weighted by molar-refractivity contribution is 6.10. The number of fused-ring (bicyclic) bond motifs is 3. The molecule has 0 aliphatic carbocycles. The van der Waals surface area contributed by atoms with Gasteiger partial charge in [0.05, 0.1) is 22.7 Å². The van der Waals surface area contributed by atoms with Gasteiger partial charge in [0.15, 0.2) is 0 Å². The van der Waals surface area contributed by atoms with Crippen LogP contribution in [0.15, 0.2) is 109 Å². The molecular weight excluding hydrogens is 414 g/mol. The van der Waals surface area contributed by atoms with E-state index in [1.165, 1.54) is 27.5 Å². The molecule has 0 aliphatic heterocycles. The predicted molar refractivity (Wildman–Crippen MR) is 139 cm³/mol. The molecule has 4 aromatic carbocycles. The molecule has 0 saturated carbocycles. The number of hydrogen-bond donors (Lipinski definition) is 0. The number of nitriles is 1. The van der Waals surface area contributed by atoms with Gasteiger partial charge in [0.1, 0.15) is 0 Å². The van der Waals surface area contributed by atoms with Crippen LogP contribution in [0.3, 0.4) is 0 Å². The first-order valence-electron chi connectivity index (χ1n) is 11.3. The summed E-state index contributed by atoms with van der Waals surface area (Å²) in [5.41, 5.74) is 9.58. The quantitative estimate of drug-likeness (QED) is 0.286. The molecule has 0 bridgehead atoms. The summed E-state index contributed by atoms with van der Waals surface area (Å²) in [5.74, 6) is 0. The van der Waals surface area contributed by atoms with E-state index in [9.17, 15) is 5.26 Å². The lowest BCUT2D eigenvalue weighted by Gasteiger charge is -2.12. The first kappa shape index (κ1) is 20.0. The summed E-state index contributed by atoms with van der Waals surface area (Å²) in [6, 6.07) is 36.0. The number of para-hydroxylation sites is 1. The maximum atomic E-state index is 9.73. The van der Waals surface area contributed by atoms with Gasteiger partial charge in [0.2, 0.25) is 0 Å². The molecule has 0 spiro atoms. The lowest BCUT2D eigenvalue weighted by molar-refractivity contribution is 1.18. The molecule has 0 saturated heterocycles. The molecule has 2 aromatic heterocycles. The van der Waals surface area contributed by atoms with E-state index in [4.69, 9.17) is 0 Å². The predicted octanol–water partition coefficient (Wildman–Crippen LogP) is 7.69. The second kappa shape index (κ2) is 8.03. The molecule has 6 aromatic rings. The number of nitrogens with zero attached hydrogens (tertiary/aromatic N) is 3. The van der Waals surface area contributed by atoms with Gasteiger partial charge in [-0.1, -0.05) is 48.5 Å². The minimum Gasteiger partial charge on any atom is -0.309 e. The van der Waals surface area contributed by atoms with E-state index in [1.807, 2.05) is 24.3 Å². The fraction of sp³-hybridized carbons (Fsp3) is 0.0323. The molecule has 3 heteroatoms. The van der Waals surface area contributed by atoms with Crippen LogP contribution >= 0.6 is 0 Å². The second-order valence-electron chi connectivity index (χ2n) is 8.48. The summed E-state index contributed by atoms with van der Waals surface area (Å²) < 4.78 is 2.29. The largest absolute Gasteiger partial charge is 0.309 e. The van der Waals surface area contributed by atoms with Crippen LogP contribution in [0.1, 0.15) is 11.1 Å². The van der Waals surface area contributed by atoms with Crippen molar-refractivity contribution in [1.82, 2.24) is 9.55 Å². The molecule has 3 nitrogen and oxygen atoms in total. The number of hydrogen-bond acceptors (Lipinski definition) is 2. The average molecular weight is 436 g/mol. The molecule has 34 heavy (non-hydrogen) atoms. The van der Waals surface area contributed by atoms with Gasteiger partial charge in [-0.25, -0.2) is 0 Å². The fourth-order valence-electron chi connectivity index (χ4n) is 4.85. The molecule has 0 radical (unpaired) electrons. The van der Waals surface area contributed by atoms with Gasteiger partial charge >= 0.3 is 0 Å². The van der Waals surface area contributed by atoms with Crippen LogP contribution in [0.5, 0.6) is 0 Å². The first-order chi connectivity index (χ1) is 16.7. The van der Waals surface area contributed by atoms with Gasteiger partial charge < -0.3 is 4.57 Å². The number of rotatable bonds is 3. The maximum Gasteiger partial charge on any atom is 0.0998 e.